The van der Waals surface area contributed by atoms with Crippen LogP contribution in [0.5, 0.6) is 0 Å². The van der Waals surface area contributed by atoms with Crippen LogP contribution in [0.2, 0.25) is 0 Å². The van der Waals surface area contributed by atoms with E-state index in [1.54, 1.807) is 0 Å². The lowest BCUT2D eigenvalue weighted by Crippen LogP contribution is -1.90. The average Bonchev–Trinajstić information content (AvgIpc) is 2.51. The molecule has 72 valence electrons. The van der Waals surface area contributed by atoms with Crippen LogP contribution in [0, 0.1) is 4.77 Å². The predicted molar refractivity (Wildman–Crippen MR) is 60.7 cm³/mol. The summed E-state index contributed by atoms with van der Waals surface area (Å²) in [5.74, 6) is 0.855. The Hall–Kier alpha value is -0.940. The molecule has 0 aliphatic heterocycles. The summed E-state index contributed by atoms with van der Waals surface area (Å²) in [6, 6.07) is 8.11. The van der Waals surface area contributed by atoms with E-state index in [1.165, 1.54) is 5.56 Å². The summed E-state index contributed by atoms with van der Waals surface area (Å²) in [7, 11) is 0. The Morgan fingerprint density at radius 3 is 2.86 bits per heavy atom. The summed E-state index contributed by atoms with van der Waals surface area (Å²) < 4.78 is 1.57. The van der Waals surface area contributed by atoms with E-state index in [4.69, 9.17) is 12.2 Å². The molecule has 2 aromatic rings. The van der Waals surface area contributed by atoms with Gasteiger partial charge in [-0.1, -0.05) is 28.1 Å². The molecule has 2 rings (SSSR count). The highest BCUT2D eigenvalue weighted by Gasteiger charge is 1.99. The molecule has 0 bridgehead atoms. The number of halogens is 1. The molecule has 0 amide bonds. The standard InChI is InChI=1S/C9H8BrN3S/c10-7-3-1-2-6(4-7)5-8-11-9(14)13-12-8/h1-4H,5H2,(H2,11,12,13,14). The minimum atomic E-state index is 0.495. The van der Waals surface area contributed by atoms with Gasteiger partial charge in [-0.2, -0.15) is 0 Å². The zero-order chi connectivity index (χ0) is 9.97. The molecule has 1 heterocycles. The molecule has 3 nitrogen and oxygen atoms in total. The lowest BCUT2D eigenvalue weighted by atomic mass is 10.1. The van der Waals surface area contributed by atoms with Gasteiger partial charge in [0.15, 0.2) is 0 Å². The molecule has 0 saturated heterocycles. The first-order valence-corrected chi connectivity index (χ1v) is 5.32. The molecule has 0 saturated carbocycles. The third kappa shape index (κ3) is 2.30. The monoisotopic (exact) mass is 269 g/mol. The van der Waals surface area contributed by atoms with Crippen molar-refractivity contribution in [2.24, 2.45) is 0 Å². The van der Waals surface area contributed by atoms with Gasteiger partial charge < -0.3 is 0 Å². The maximum atomic E-state index is 4.87. The number of hydrogen-bond donors (Lipinski definition) is 2. The molecule has 0 fully saturated rings. The summed E-state index contributed by atoms with van der Waals surface area (Å²) in [5, 5.41) is 5.69. The van der Waals surface area contributed by atoms with Crippen LogP contribution in [-0.4, -0.2) is 15.2 Å². The number of benzene rings is 1. The number of hydrogen-bond acceptors (Lipinski definition) is 2. The van der Waals surface area contributed by atoms with E-state index in [9.17, 15) is 0 Å². The Kier molecular flexibility index (Phi) is 2.79. The van der Waals surface area contributed by atoms with Gasteiger partial charge in [0, 0.05) is 10.9 Å². The summed E-state index contributed by atoms with van der Waals surface area (Å²) in [6.07, 6.45) is 0.757. The number of nitrogens with zero attached hydrogens (tertiary/aromatic N) is 1. The summed E-state index contributed by atoms with van der Waals surface area (Å²) >= 11 is 8.29. The van der Waals surface area contributed by atoms with Gasteiger partial charge in [0.2, 0.25) is 4.77 Å². The first kappa shape index (κ1) is 9.61. The summed E-state index contributed by atoms with van der Waals surface area (Å²) in [5.41, 5.74) is 1.19. The third-order valence-corrected chi connectivity index (χ3v) is 2.50. The highest BCUT2D eigenvalue weighted by molar-refractivity contribution is 9.10. The van der Waals surface area contributed by atoms with Crippen molar-refractivity contribution in [1.82, 2.24) is 15.2 Å². The number of aromatic amines is 2. The van der Waals surface area contributed by atoms with Crippen LogP contribution in [0.15, 0.2) is 28.7 Å². The second kappa shape index (κ2) is 4.06. The molecular weight excluding hydrogens is 262 g/mol. The first-order valence-electron chi connectivity index (χ1n) is 4.12. The molecule has 5 heteroatoms. The van der Waals surface area contributed by atoms with Crippen molar-refractivity contribution in [1.29, 1.82) is 0 Å². The fourth-order valence-corrected chi connectivity index (χ4v) is 1.84. The van der Waals surface area contributed by atoms with Gasteiger partial charge in [0.05, 0.1) is 0 Å². The van der Waals surface area contributed by atoms with Crippen molar-refractivity contribution in [3.05, 3.63) is 44.9 Å². The van der Waals surface area contributed by atoms with E-state index in [2.05, 4.69) is 43.2 Å². The van der Waals surface area contributed by atoms with Crippen LogP contribution in [0.4, 0.5) is 0 Å². The fraction of sp³-hybridized carbons (Fsp3) is 0.111. The zero-order valence-corrected chi connectivity index (χ0v) is 9.65. The fourth-order valence-electron chi connectivity index (χ4n) is 1.23. The molecule has 1 aromatic carbocycles. The molecule has 2 N–H and O–H groups in total. The van der Waals surface area contributed by atoms with Gasteiger partial charge in [-0.05, 0) is 29.9 Å². The Morgan fingerprint density at radius 2 is 2.21 bits per heavy atom. The van der Waals surface area contributed by atoms with E-state index >= 15 is 0 Å². The van der Waals surface area contributed by atoms with E-state index in [-0.39, 0.29) is 0 Å². The minimum absolute atomic E-state index is 0.495. The highest BCUT2D eigenvalue weighted by Crippen LogP contribution is 2.13. The number of H-pyrrole nitrogens is 2. The minimum Gasteiger partial charge on any atom is -0.285 e. The molecule has 0 radical (unpaired) electrons. The van der Waals surface area contributed by atoms with Gasteiger partial charge in [0.1, 0.15) is 5.82 Å². The predicted octanol–water partition coefficient (Wildman–Crippen LogP) is 2.82. The molecular formula is C9H8BrN3S. The SMILES string of the molecule is S=c1nc(Cc2cccc(Br)c2)[nH][nH]1. The molecule has 0 aliphatic rings. The Balaban J connectivity index is 2.22. The Bertz CT molecular complexity index is 489. The van der Waals surface area contributed by atoms with Gasteiger partial charge in [-0.25, -0.2) is 4.98 Å². The number of aromatic nitrogens is 3. The first-order chi connectivity index (χ1) is 6.74. The van der Waals surface area contributed by atoms with Crippen molar-refractivity contribution in [2.45, 2.75) is 6.42 Å². The van der Waals surface area contributed by atoms with Crippen LogP contribution in [0.3, 0.4) is 0 Å². The Labute approximate surface area is 94.7 Å². The quantitative estimate of drug-likeness (QED) is 0.824. The van der Waals surface area contributed by atoms with Crippen LogP contribution < -0.4 is 0 Å². The lowest BCUT2D eigenvalue weighted by molar-refractivity contribution is 0.971. The highest BCUT2D eigenvalue weighted by atomic mass is 79.9. The maximum Gasteiger partial charge on any atom is 0.213 e. The van der Waals surface area contributed by atoms with E-state index in [0.29, 0.717) is 4.77 Å². The van der Waals surface area contributed by atoms with Crippen LogP contribution in [-0.2, 0) is 6.42 Å². The number of nitrogens with one attached hydrogen (secondary N) is 2. The normalized spacial score (nSPS) is 10.4. The second-order valence-corrected chi connectivity index (χ2v) is 4.22. The van der Waals surface area contributed by atoms with Crippen molar-refractivity contribution in [3.8, 4) is 0 Å². The molecule has 0 unspecified atom stereocenters. The number of rotatable bonds is 2. The molecule has 0 atom stereocenters. The average molecular weight is 270 g/mol. The van der Waals surface area contributed by atoms with Gasteiger partial charge in [-0.15, -0.1) is 0 Å². The van der Waals surface area contributed by atoms with E-state index in [1.807, 2.05) is 12.1 Å². The second-order valence-electron chi connectivity index (χ2n) is 2.92. The van der Waals surface area contributed by atoms with Crippen LogP contribution in [0.1, 0.15) is 11.4 Å². The van der Waals surface area contributed by atoms with Crippen LogP contribution >= 0.6 is 28.1 Å². The van der Waals surface area contributed by atoms with Crippen molar-refractivity contribution in [3.63, 3.8) is 0 Å². The van der Waals surface area contributed by atoms with E-state index in [0.717, 1.165) is 16.7 Å². The van der Waals surface area contributed by atoms with Gasteiger partial charge in [-0.3, -0.25) is 10.2 Å². The van der Waals surface area contributed by atoms with Crippen molar-refractivity contribution in [2.75, 3.05) is 0 Å². The van der Waals surface area contributed by atoms with Gasteiger partial charge in [0.25, 0.3) is 0 Å². The van der Waals surface area contributed by atoms with Gasteiger partial charge >= 0.3 is 0 Å². The zero-order valence-electron chi connectivity index (χ0n) is 7.25. The topological polar surface area (TPSA) is 44.5 Å². The van der Waals surface area contributed by atoms with Crippen LogP contribution in [0.25, 0.3) is 0 Å². The largest absolute Gasteiger partial charge is 0.285 e. The third-order valence-electron chi connectivity index (χ3n) is 1.81. The van der Waals surface area contributed by atoms with Crippen molar-refractivity contribution >= 4 is 28.1 Å². The smallest absolute Gasteiger partial charge is 0.213 e. The van der Waals surface area contributed by atoms with Crippen molar-refractivity contribution < 1.29 is 0 Å². The molecule has 0 spiro atoms. The van der Waals surface area contributed by atoms with E-state index < -0.39 is 0 Å². The summed E-state index contributed by atoms with van der Waals surface area (Å²) in [4.78, 5) is 4.12. The summed E-state index contributed by atoms with van der Waals surface area (Å²) in [6.45, 7) is 0. The maximum absolute atomic E-state index is 4.87. The molecule has 14 heavy (non-hydrogen) atoms. The molecule has 1 aromatic heterocycles. The molecule has 0 aliphatic carbocycles. The lowest BCUT2D eigenvalue weighted by Gasteiger charge is -1.97. The Morgan fingerprint density at radius 1 is 1.36 bits per heavy atom.